The van der Waals surface area contributed by atoms with Crippen LogP contribution >= 0.6 is 0 Å². The number of aromatic nitrogens is 2. The monoisotopic (exact) mass is 413 g/mol. The van der Waals surface area contributed by atoms with Gasteiger partial charge in [-0.25, -0.2) is 4.79 Å². The molecule has 0 amide bonds. The summed E-state index contributed by atoms with van der Waals surface area (Å²) >= 11 is 0. The van der Waals surface area contributed by atoms with Gasteiger partial charge in [0, 0.05) is 17.7 Å². The zero-order valence-corrected chi connectivity index (χ0v) is 16.0. The second-order valence-electron chi connectivity index (χ2n) is 6.35. The molecule has 0 saturated heterocycles. The number of non-ortho nitro benzene ring substituents is 1. The van der Waals surface area contributed by atoms with Crippen molar-refractivity contribution in [2.24, 2.45) is 0 Å². The molecule has 1 unspecified atom stereocenters. The molecule has 0 aliphatic heterocycles. The van der Waals surface area contributed by atoms with E-state index in [0.29, 0.717) is 22.8 Å². The first-order valence-electron chi connectivity index (χ1n) is 8.88. The molecular formula is C20H19N3O7. The molecule has 10 heteroatoms. The van der Waals surface area contributed by atoms with E-state index < -0.39 is 17.0 Å². The molecule has 3 rings (SSSR count). The van der Waals surface area contributed by atoms with E-state index in [2.05, 4.69) is 5.10 Å². The first-order valence-corrected chi connectivity index (χ1v) is 8.88. The minimum Gasteiger partial charge on any atom is -0.497 e. The van der Waals surface area contributed by atoms with Crippen molar-refractivity contribution in [1.29, 1.82) is 0 Å². The summed E-state index contributed by atoms with van der Waals surface area (Å²) in [5.74, 6) is -0.168. The number of carboxylic acids is 1. The van der Waals surface area contributed by atoms with Gasteiger partial charge in [0.2, 0.25) is 0 Å². The quantitative estimate of drug-likeness (QED) is 0.403. The molecule has 30 heavy (non-hydrogen) atoms. The van der Waals surface area contributed by atoms with E-state index in [0.717, 1.165) is 0 Å². The van der Waals surface area contributed by atoms with Crippen molar-refractivity contribution in [2.45, 2.75) is 12.6 Å². The average molecular weight is 413 g/mol. The summed E-state index contributed by atoms with van der Waals surface area (Å²) in [6.07, 6.45) is -1.05. The smallest absolute Gasteiger partial charge is 0.354 e. The van der Waals surface area contributed by atoms with Gasteiger partial charge in [0.15, 0.2) is 0 Å². The summed E-state index contributed by atoms with van der Waals surface area (Å²) in [5, 5.41) is 34.7. The lowest BCUT2D eigenvalue weighted by Crippen LogP contribution is -2.26. The van der Waals surface area contributed by atoms with Crippen molar-refractivity contribution in [2.75, 3.05) is 13.7 Å². The van der Waals surface area contributed by atoms with Crippen molar-refractivity contribution in [1.82, 2.24) is 9.78 Å². The third-order valence-corrected chi connectivity index (χ3v) is 4.26. The Balaban J connectivity index is 1.69. The van der Waals surface area contributed by atoms with Gasteiger partial charge < -0.3 is 19.7 Å². The summed E-state index contributed by atoms with van der Waals surface area (Å²) in [6.45, 7) is -0.251. The van der Waals surface area contributed by atoms with E-state index in [9.17, 15) is 25.1 Å². The third-order valence-electron chi connectivity index (χ3n) is 4.26. The number of hydrogen-bond acceptors (Lipinski definition) is 7. The highest BCUT2D eigenvalue weighted by molar-refractivity contribution is 5.87. The van der Waals surface area contributed by atoms with Gasteiger partial charge in [0.05, 0.1) is 24.3 Å². The van der Waals surface area contributed by atoms with E-state index in [4.69, 9.17) is 9.47 Å². The maximum atomic E-state index is 11.6. The van der Waals surface area contributed by atoms with Crippen LogP contribution in [0, 0.1) is 10.1 Å². The number of aromatic carboxylic acids is 1. The molecule has 0 saturated carbocycles. The lowest BCUT2D eigenvalue weighted by atomic mass is 10.1. The molecule has 2 N–H and O–H groups in total. The number of rotatable bonds is 9. The van der Waals surface area contributed by atoms with Crippen molar-refractivity contribution < 1.29 is 29.4 Å². The second kappa shape index (κ2) is 9.05. The fourth-order valence-electron chi connectivity index (χ4n) is 2.74. The number of nitro groups is 1. The van der Waals surface area contributed by atoms with Crippen molar-refractivity contribution in [3.63, 3.8) is 0 Å². The average Bonchev–Trinajstić information content (AvgIpc) is 3.16. The van der Waals surface area contributed by atoms with Crippen LogP contribution in [0.2, 0.25) is 0 Å². The summed E-state index contributed by atoms with van der Waals surface area (Å²) in [5.41, 5.74) is 0.999. The molecule has 1 aromatic heterocycles. The second-order valence-corrected chi connectivity index (χ2v) is 6.35. The molecule has 10 nitrogen and oxygen atoms in total. The van der Waals surface area contributed by atoms with E-state index >= 15 is 0 Å². The van der Waals surface area contributed by atoms with E-state index in [1.807, 2.05) is 0 Å². The SMILES string of the molecule is COc1ccc(-c2cc(C(=O)O)n(CC(O)COc3ccc([N+](=O)[O-])cc3)n2)cc1. The highest BCUT2D eigenvalue weighted by atomic mass is 16.6. The maximum absolute atomic E-state index is 11.6. The van der Waals surface area contributed by atoms with Crippen LogP contribution in [0.3, 0.4) is 0 Å². The normalized spacial score (nSPS) is 11.7. The Morgan fingerprint density at radius 2 is 1.80 bits per heavy atom. The Morgan fingerprint density at radius 1 is 1.17 bits per heavy atom. The first kappa shape index (κ1) is 20.8. The van der Waals surface area contributed by atoms with Gasteiger partial charge >= 0.3 is 5.97 Å². The lowest BCUT2D eigenvalue weighted by Gasteiger charge is -2.13. The number of hydrogen-bond donors (Lipinski definition) is 2. The van der Waals surface area contributed by atoms with Crippen LogP contribution in [-0.4, -0.2) is 50.7 Å². The summed E-state index contributed by atoms with van der Waals surface area (Å²) in [6, 6.07) is 13.8. The van der Waals surface area contributed by atoms with Gasteiger partial charge in [-0.1, -0.05) is 0 Å². The molecular weight excluding hydrogens is 394 g/mol. The number of aliphatic hydroxyl groups is 1. The zero-order valence-electron chi connectivity index (χ0n) is 16.0. The maximum Gasteiger partial charge on any atom is 0.354 e. The van der Waals surface area contributed by atoms with Gasteiger partial charge in [-0.3, -0.25) is 14.8 Å². The lowest BCUT2D eigenvalue weighted by molar-refractivity contribution is -0.384. The molecule has 0 radical (unpaired) electrons. The van der Waals surface area contributed by atoms with Gasteiger partial charge in [0.25, 0.3) is 5.69 Å². The van der Waals surface area contributed by atoms with Crippen LogP contribution in [-0.2, 0) is 6.54 Å². The molecule has 0 aliphatic rings. The topological polar surface area (TPSA) is 137 Å². The van der Waals surface area contributed by atoms with E-state index in [-0.39, 0.29) is 24.5 Å². The largest absolute Gasteiger partial charge is 0.497 e. The summed E-state index contributed by atoms with van der Waals surface area (Å²) in [7, 11) is 1.55. The number of ether oxygens (including phenoxy) is 2. The predicted molar refractivity (Wildman–Crippen MR) is 106 cm³/mol. The third kappa shape index (κ3) is 4.92. The van der Waals surface area contributed by atoms with Crippen LogP contribution in [0.1, 0.15) is 10.5 Å². The molecule has 1 atom stereocenters. The molecule has 0 fully saturated rings. The Hall–Kier alpha value is -3.92. The van der Waals surface area contributed by atoms with Crippen LogP contribution in [0.5, 0.6) is 11.5 Å². The fraction of sp³-hybridized carbons (Fsp3) is 0.200. The molecule has 3 aromatic rings. The van der Waals surface area contributed by atoms with Crippen LogP contribution in [0.15, 0.2) is 54.6 Å². The van der Waals surface area contributed by atoms with Gasteiger partial charge in [-0.05, 0) is 42.5 Å². The molecule has 0 aliphatic carbocycles. The zero-order chi connectivity index (χ0) is 21.7. The van der Waals surface area contributed by atoms with Crippen LogP contribution in [0.25, 0.3) is 11.3 Å². The summed E-state index contributed by atoms with van der Waals surface area (Å²) < 4.78 is 11.7. The number of nitro benzene ring substituents is 1. The molecule has 1 heterocycles. The number of carbonyl (C=O) groups is 1. The Labute approximate surface area is 171 Å². The van der Waals surface area contributed by atoms with Crippen molar-refractivity contribution in [3.05, 3.63) is 70.4 Å². The van der Waals surface area contributed by atoms with Gasteiger partial charge in [-0.15, -0.1) is 0 Å². The minimum absolute atomic E-state index is 0.0726. The highest BCUT2D eigenvalue weighted by Crippen LogP contribution is 2.23. The van der Waals surface area contributed by atoms with E-state index in [1.165, 1.54) is 35.0 Å². The van der Waals surface area contributed by atoms with Crippen molar-refractivity contribution in [3.8, 4) is 22.8 Å². The van der Waals surface area contributed by atoms with Gasteiger partial charge in [0.1, 0.15) is 29.9 Å². The number of aliphatic hydroxyl groups excluding tert-OH is 1. The number of carboxylic acid groups (broad SMARTS) is 1. The highest BCUT2D eigenvalue weighted by Gasteiger charge is 2.18. The predicted octanol–water partition coefficient (Wildman–Crippen LogP) is 2.61. The first-order chi connectivity index (χ1) is 14.4. The molecule has 0 bridgehead atoms. The molecule has 2 aromatic carbocycles. The van der Waals surface area contributed by atoms with Crippen molar-refractivity contribution >= 4 is 11.7 Å². The Morgan fingerprint density at radius 3 is 2.37 bits per heavy atom. The van der Waals surface area contributed by atoms with E-state index in [1.54, 1.807) is 31.4 Å². The Bertz CT molecular complexity index is 1030. The molecule has 156 valence electrons. The number of methoxy groups -OCH3 is 1. The fourth-order valence-corrected chi connectivity index (χ4v) is 2.74. The van der Waals surface area contributed by atoms with Gasteiger partial charge in [-0.2, -0.15) is 5.10 Å². The Kier molecular flexibility index (Phi) is 6.28. The van der Waals surface area contributed by atoms with Crippen LogP contribution < -0.4 is 9.47 Å². The standard InChI is InChI=1S/C20H19N3O7/c1-29-16-6-2-13(3-7-16)18-10-19(20(25)26)22(21-18)11-15(24)12-30-17-8-4-14(5-9-17)23(27)28/h2-10,15,24H,11-12H2,1H3,(H,25,26). The number of benzene rings is 2. The van der Waals surface area contributed by atoms with Crippen LogP contribution in [0.4, 0.5) is 5.69 Å². The molecule has 0 spiro atoms. The number of nitrogens with zero attached hydrogens (tertiary/aromatic N) is 3. The minimum atomic E-state index is -1.18. The summed E-state index contributed by atoms with van der Waals surface area (Å²) in [4.78, 5) is 21.7.